The van der Waals surface area contributed by atoms with E-state index in [2.05, 4.69) is 179 Å². The van der Waals surface area contributed by atoms with Crippen LogP contribution in [0.5, 0.6) is 5.75 Å². The number of phenols is 1. The standard InChI is InChI=1S/C44H27Br3N4O.Co/c45-29-9-1-25(2-10-29)41-33-17-19-35(48-33)42(26-3-11-30(46)12-4-26)37-21-23-39(50-37)44(28-7-15-32(52)16-8-28)40-24-22-38(51-40)43(36-20-18-34(41)49-36)27-5-13-31(47)14-6-27;/h1-24,48,51-52H;. The van der Waals surface area contributed by atoms with Gasteiger partial charge in [0.15, 0.2) is 0 Å². The Labute approximate surface area is 341 Å². The van der Waals surface area contributed by atoms with Crippen LogP contribution in [0.1, 0.15) is 22.8 Å². The van der Waals surface area contributed by atoms with Crippen molar-refractivity contribution in [2.24, 2.45) is 0 Å². The summed E-state index contributed by atoms with van der Waals surface area (Å²) in [5, 5.41) is 10.2. The minimum absolute atomic E-state index is 0. The van der Waals surface area contributed by atoms with Gasteiger partial charge in [-0.15, -0.1) is 0 Å². The average molecular weight is 926 g/mol. The first-order valence-electron chi connectivity index (χ1n) is 16.6. The fourth-order valence-electron chi connectivity index (χ4n) is 6.90. The number of halogens is 3. The molecule has 0 amide bonds. The van der Waals surface area contributed by atoms with Gasteiger partial charge in [-0.25, -0.2) is 9.97 Å². The summed E-state index contributed by atoms with van der Waals surface area (Å²) in [6.07, 6.45) is 8.36. The molecule has 0 fully saturated rings. The number of nitrogens with one attached hydrogen (secondary N) is 2. The van der Waals surface area contributed by atoms with Gasteiger partial charge < -0.3 is 15.1 Å². The molecule has 259 valence electrons. The molecule has 3 N–H and O–H groups in total. The van der Waals surface area contributed by atoms with E-state index in [0.717, 1.165) is 103 Å². The van der Waals surface area contributed by atoms with Crippen molar-refractivity contribution in [1.29, 1.82) is 0 Å². The summed E-state index contributed by atoms with van der Waals surface area (Å²) < 4.78 is 3.01. The van der Waals surface area contributed by atoms with Crippen LogP contribution in [0.25, 0.3) is 90.9 Å². The molecule has 0 saturated carbocycles. The van der Waals surface area contributed by atoms with Gasteiger partial charge in [-0.1, -0.05) is 96.3 Å². The largest absolute Gasteiger partial charge is 0.508 e. The number of aromatic nitrogens is 4. The molecule has 0 aliphatic carbocycles. The maximum absolute atomic E-state index is 10.2. The molecule has 5 heterocycles. The summed E-state index contributed by atoms with van der Waals surface area (Å²) in [4.78, 5) is 18.2. The molecular formula is C44H27Br3CoN4O. The second kappa shape index (κ2) is 14.6. The van der Waals surface area contributed by atoms with Crippen molar-refractivity contribution in [1.82, 2.24) is 19.9 Å². The molecule has 0 saturated heterocycles. The Kier molecular flexibility index (Phi) is 9.69. The fourth-order valence-corrected chi connectivity index (χ4v) is 7.69. The molecule has 4 aromatic carbocycles. The first-order chi connectivity index (χ1) is 25.4. The Morgan fingerprint density at radius 3 is 0.868 bits per heavy atom. The van der Waals surface area contributed by atoms with Gasteiger partial charge in [0.1, 0.15) is 5.75 Å². The maximum Gasteiger partial charge on any atom is 0.115 e. The van der Waals surface area contributed by atoms with Crippen LogP contribution in [0.2, 0.25) is 0 Å². The summed E-state index contributed by atoms with van der Waals surface area (Å²) in [5.41, 5.74) is 15.0. The molecular weight excluding hydrogens is 899 g/mol. The average Bonchev–Trinajstić information content (AvgIpc) is 3.99. The van der Waals surface area contributed by atoms with Gasteiger partial charge in [-0.2, -0.15) is 0 Å². The summed E-state index contributed by atoms with van der Waals surface area (Å²) >= 11 is 10.9. The molecule has 3 aromatic heterocycles. The zero-order chi connectivity index (χ0) is 35.3. The van der Waals surface area contributed by atoms with Gasteiger partial charge in [0.05, 0.1) is 22.8 Å². The normalized spacial score (nSPS) is 11.8. The van der Waals surface area contributed by atoms with E-state index in [1.165, 1.54) is 0 Å². The van der Waals surface area contributed by atoms with Crippen molar-refractivity contribution in [3.63, 3.8) is 0 Å². The number of hydrogen-bond donors (Lipinski definition) is 3. The number of aromatic amines is 2. The van der Waals surface area contributed by atoms with Gasteiger partial charge in [0.25, 0.3) is 0 Å². The van der Waals surface area contributed by atoms with Crippen LogP contribution in [0.4, 0.5) is 0 Å². The Morgan fingerprint density at radius 2 is 0.604 bits per heavy atom. The van der Waals surface area contributed by atoms with E-state index < -0.39 is 0 Å². The van der Waals surface area contributed by atoms with Crippen LogP contribution < -0.4 is 0 Å². The topological polar surface area (TPSA) is 77.6 Å². The quantitative estimate of drug-likeness (QED) is 0.165. The summed E-state index contributed by atoms with van der Waals surface area (Å²) in [5.74, 6) is 0.206. The van der Waals surface area contributed by atoms with Crippen LogP contribution in [0.3, 0.4) is 0 Å². The molecule has 0 spiro atoms. The summed E-state index contributed by atoms with van der Waals surface area (Å²) in [7, 11) is 0. The number of nitrogens with zero attached hydrogens (tertiary/aromatic N) is 2. The third-order valence-electron chi connectivity index (χ3n) is 9.31. The molecule has 2 aliphatic heterocycles. The van der Waals surface area contributed by atoms with E-state index in [1.54, 1.807) is 12.1 Å². The molecule has 9 heteroatoms. The number of fused-ring (bicyclic) bond motifs is 8. The van der Waals surface area contributed by atoms with Gasteiger partial charge in [0, 0.05) is 74.5 Å². The van der Waals surface area contributed by atoms with E-state index in [-0.39, 0.29) is 22.5 Å². The molecule has 0 atom stereocenters. The maximum atomic E-state index is 10.2. The number of rotatable bonds is 4. The smallest absolute Gasteiger partial charge is 0.115 e. The third-order valence-corrected chi connectivity index (χ3v) is 10.9. The van der Waals surface area contributed by atoms with Crippen molar-refractivity contribution in [3.05, 3.63) is 158 Å². The molecule has 5 nitrogen and oxygen atoms in total. The van der Waals surface area contributed by atoms with Gasteiger partial charge in [0.2, 0.25) is 0 Å². The van der Waals surface area contributed by atoms with Crippen molar-refractivity contribution in [2.75, 3.05) is 0 Å². The molecule has 2 aliphatic rings. The Balaban J connectivity index is 0.00000400. The van der Waals surface area contributed by atoms with E-state index in [4.69, 9.17) is 9.97 Å². The number of aromatic hydroxyl groups is 1. The van der Waals surface area contributed by atoms with E-state index in [0.29, 0.717) is 0 Å². The zero-order valence-electron chi connectivity index (χ0n) is 27.7. The molecule has 0 unspecified atom stereocenters. The second-order valence-electron chi connectivity index (χ2n) is 12.6. The zero-order valence-corrected chi connectivity index (χ0v) is 33.5. The minimum atomic E-state index is 0. The van der Waals surface area contributed by atoms with Crippen molar-refractivity contribution in [3.8, 4) is 50.3 Å². The fraction of sp³-hybridized carbons (Fsp3) is 0. The van der Waals surface area contributed by atoms with E-state index in [9.17, 15) is 5.11 Å². The SMILES string of the molecule is Oc1ccc(-c2c3nc(c(-c4ccc(Br)cc4)c4ccc([nH]4)c(-c4ccc(Br)cc4)c4nc(c(-c5ccc(Br)cc5)c5ccc2[nH]5)C=C4)C=C3)cc1.[Co]. The number of phenolic OH excluding ortho intramolecular Hbond substituents is 1. The number of hydrogen-bond acceptors (Lipinski definition) is 3. The van der Waals surface area contributed by atoms with Crippen LogP contribution >= 0.6 is 47.8 Å². The molecule has 53 heavy (non-hydrogen) atoms. The first kappa shape index (κ1) is 35.3. The summed E-state index contributed by atoms with van der Waals surface area (Å²) in [6.45, 7) is 0. The van der Waals surface area contributed by atoms with Crippen molar-refractivity contribution in [2.45, 2.75) is 0 Å². The van der Waals surface area contributed by atoms with E-state index >= 15 is 0 Å². The predicted octanol–water partition coefficient (Wildman–Crippen LogP) is 13.3. The van der Waals surface area contributed by atoms with Gasteiger partial charge in [-0.3, -0.25) is 0 Å². The van der Waals surface area contributed by atoms with Crippen LogP contribution in [0, 0.1) is 0 Å². The van der Waals surface area contributed by atoms with E-state index in [1.807, 2.05) is 12.1 Å². The first-order valence-corrected chi connectivity index (χ1v) is 19.0. The molecule has 7 aromatic rings. The minimum Gasteiger partial charge on any atom is -0.508 e. The van der Waals surface area contributed by atoms with Crippen LogP contribution in [-0.4, -0.2) is 25.0 Å². The van der Waals surface area contributed by atoms with Gasteiger partial charge >= 0.3 is 0 Å². The third kappa shape index (κ3) is 6.80. The Hall–Kier alpha value is -4.77. The van der Waals surface area contributed by atoms with Crippen molar-refractivity contribution >= 4 is 94.2 Å². The Morgan fingerprint density at radius 1 is 0.358 bits per heavy atom. The molecule has 9 rings (SSSR count). The second-order valence-corrected chi connectivity index (χ2v) is 15.3. The predicted molar refractivity (Wildman–Crippen MR) is 225 cm³/mol. The Bertz CT molecular complexity index is 2380. The number of benzene rings is 4. The monoisotopic (exact) mass is 923 g/mol. The van der Waals surface area contributed by atoms with Crippen LogP contribution in [-0.2, 0) is 16.8 Å². The molecule has 8 bridgehead atoms. The van der Waals surface area contributed by atoms with Gasteiger partial charge in [-0.05, 0) is 119 Å². The van der Waals surface area contributed by atoms with Crippen LogP contribution in [0.15, 0.2) is 135 Å². The molecule has 1 radical (unpaired) electrons. The summed E-state index contributed by atoms with van der Waals surface area (Å²) in [6, 6.07) is 40.8. The number of H-pyrrole nitrogens is 2. The van der Waals surface area contributed by atoms with Crippen molar-refractivity contribution < 1.29 is 21.9 Å².